The second-order valence-electron chi connectivity index (χ2n) is 4.99. The van der Waals surface area contributed by atoms with Crippen LogP contribution in [0.3, 0.4) is 0 Å². The van der Waals surface area contributed by atoms with Crippen molar-refractivity contribution in [1.29, 1.82) is 0 Å². The number of amides is 1. The van der Waals surface area contributed by atoms with Gasteiger partial charge >= 0.3 is 0 Å². The summed E-state index contributed by atoms with van der Waals surface area (Å²) in [6.45, 7) is 4.30. The minimum atomic E-state index is -0.561. The molecule has 2 aliphatic rings. The maximum atomic E-state index is 12.2. The van der Waals surface area contributed by atoms with E-state index in [2.05, 4.69) is 0 Å². The van der Waals surface area contributed by atoms with Crippen LogP contribution in [0.25, 0.3) is 0 Å². The number of rotatable bonds is 4. The zero-order chi connectivity index (χ0) is 11.6. The molecule has 92 valence electrons. The lowest BCUT2D eigenvalue weighted by Gasteiger charge is -2.40. The summed E-state index contributed by atoms with van der Waals surface area (Å²) in [5, 5.41) is 0. The molecule has 16 heavy (non-hydrogen) atoms. The summed E-state index contributed by atoms with van der Waals surface area (Å²) in [5.41, 5.74) is 5.50. The Morgan fingerprint density at radius 2 is 2.25 bits per heavy atom. The van der Waals surface area contributed by atoms with E-state index in [0.29, 0.717) is 6.54 Å². The van der Waals surface area contributed by atoms with Gasteiger partial charge in [0, 0.05) is 19.7 Å². The summed E-state index contributed by atoms with van der Waals surface area (Å²) in [4.78, 5) is 14.1. The Kier molecular flexibility index (Phi) is 3.50. The van der Waals surface area contributed by atoms with Crippen molar-refractivity contribution in [2.24, 2.45) is 5.73 Å². The third-order valence-electron chi connectivity index (χ3n) is 3.79. The van der Waals surface area contributed by atoms with Crippen molar-refractivity contribution < 1.29 is 9.53 Å². The van der Waals surface area contributed by atoms with Crippen LogP contribution in [0, 0.1) is 0 Å². The number of nitrogens with zero attached hydrogens (tertiary/aromatic N) is 1. The zero-order valence-corrected chi connectivity index (χ0v) is 10.1. The SMILES string of the molecule is CCN(CC1CCCO1)C(=O)C1(N)CCC1. The van der Waals surface area contributed by atoms with Gasteiger partial charge in [-0.25, -0.2) is 0 Å². The smallest absolute Gasteiger partial charge is 0.242 e. The van der Waals surface area contributed by atoms with E-state index in [1.807, 2.05) is 11.8 Å². The number of likely N-dealkylation sites (N-methyl/N-ethyl adjacent to an activating group) is 1. The fourth-order valence-corrected chi connectivity index (χ4v) is 2.48. The first-order valence-corrected chi connectivity index (χ1v) is 6.35. The van der Waals surface area contributed by atoms with Gasteiger partial charge in [0.25, 0.3) is 0 Å². The minimum Gasteiger partial charge on any atom is -0.376 e. The van der Waals surface area contributed by atoms with Gasteiger partial charge in [-0.1, -0.05) is 0 Å². The summed E-state index contributed by atoms with van der Waals surface area (Å²) in [6.07, 6.45) is 5.18. The third-order valence-corrected chi connectivity index (χ3v) is 3.79. The molecule has 0 aromatic heterocycles. The molecule has 2 rings (SSSR count). The van der Waals surface area contributed by atoms with Gasteiger partial charge in [-0.3, -0.25) is 4.79 Å². The van der Waals surface area contributed by atoms with Gasteiger partial charge in [0.05, 0.1) is 11.6 Å². The molecule has 1 atom stereocenters. The van der Waals surface area contributed by atoms with Crippen LogP contribution in [-0.2, 0) is 9.53 Å². The quantitative estimate of drug-likeness (QED) is 0.774. The number of hydrogen-bond acceptors (Lipinski definition) is 3. The lowest BCUT2D eigenvalue weighted by atomic mass is 9.76. The Balaban J connectivity index is 1.90. The molecule has 0 aromatic rings. The Hall–Kier alpha value is -0.610. The van der Waals surface area contributed by atoms with Crippen LogP contribution in [0.5, 0.6) is 0 Å². The molecule has 4 heteroatoms. The highest BCUT2D eigenvalue weighted by Gasteiger charge is 2.42. The maximum absolute atomic E-state index is 12.2. The number of ether oxygens (including phenoxy) is 1. The van der Waals surface area contributed by atoms with Crippen molar-refractivity contribution >= 4 is 5.91 Å². The summed E-state index contributed by atoms with van der Waals surface area (Å²) in [7, 11) is 0. The Morgan fingerprint density at radius 3 is 2.69 bits per heavy atom. The van der Waals surface area contributed by atoms with Crippen LogP contribution in [0.1, 0.15) is 39.0 Å². The van der Waals surface area contributed by atoms with Crippen molar-refractivity contribution in [1.82, 2.24) is 4.90 Å². The van der Waals surface area contributed by atoms with E-state index in [1.165, 1.54) is 0 Å². The van der Waals surface area contributed by atoms with Gasteiger partial charge in [0.1, 0.15) is 0 Å². The molecule has 0 spiro atoms. The van der Waals surface area contributed by atoms with Crippen molar-refractivity contribution in [3.8, 4) is 0 Å². The minimum absolute atomic E-state index is 0.122. The molecule has 1 unspecified atom stereocenters. The second-order valence-corrected chi connectivity index (χ2v) is 4.99. The normalized spacial score (nSPS) is 27.5. The standard InChI is InChI=1S/C12H22N2O2/c1-2-14(9-10-5-3-8-16-10)11(15)12(13)6-4-7-12/h10H,2-9,13H2,1H3. The van der Waals surface area contributed by atoms with Gasteiger partial charge in [-0.05, 0) is 39.0 Å². The molecule has 1 aliphatic heterocycles. The van der Waals surface area contributed by atoms with E-state index in [-0.39, 0.29) is 12.0 Å². The Labute approximate surface area is 97.1 Å². The second kappa shape index (κ2) is 4.72. The van der Waals surface area contributed by atoms with Crippen molar-refractivity contribution in [3.05, 3.63) is 0 Å². The summed E-state index contributed by atoms with van der Waals surface area (Å²) < 4.78 is 5.57. The molecule has 1 saturated carbocycles. The number of carbonyl (C=O) groups excluding carboxylic acids is 1. The van der Waals surface area contributed by atoms with Crippen molar-refractivity contribution in [2.75, 3.05) is 19.7 Å². The first-order valence-electron chi connectivity index (χ1n) is 6.35. The summed E-state index contributed by atoms with van der Waals surface area (Å²) in [6, 6.07) is 0. The first kappa shape index (κ1) is 11.9. The molecule has 1 heterocycles. The zero-order valence-electron chi connectivity index (χ0n) is 10.1. The topological polar surface area (TPSA) is 55.6 Å². The van der Waals surface area contributed by atoms with Gasteiger partial charge < -0.3 is 15.4 Å². The molecule has 1 amide bonds. The monoisotopic (exact) mass is 226 g/mol. The predicted octanol–water partition coefficient (Wildman–Crippen LogP) is 0.895. The van der Waals surface area contributed by atoms with Crippen molar-refractivity contribution in [2.45, 2.75) is 50.7 Å². The molecule has 4 nitrogen and oxygen atoms in total. The first-order chi connectivity index (χ1) is 7.65. The highest BCUT2D eigenvalue weighted by Crippen LogP contribution is 2.31. The summed E-state index contributed by atoms with van der Waals surface area (Å²) >= 11 is 0. The highest BCUT2D eigenvalue weighted by atomic mass is 16.5. The highest BCUT2D eigenvalue weighted by molar-refractivity contribution is 5.87. The lowest BCUT2D eigenvalue weighted by Crippen LogP contribution is -2.60. The fourth-order valence-electron chi connectivity index (χ4n) is 2.48. The van der Waals surface area contributed by atoms with Crippen LogP contribution >= 0.6 is 0 Å². The van der Waals surface area contributed by atoms with E-state index in [4.69, 9.17) is 10.5 Å². The van der Waals surface area contributed by atoms with Gasteiger partial charge in [-0.15, -0.1) is 0 Å². The van der Waals surface area contributed by atoms with Crippen LogP contribution in [0.2, 0.25) is 0 Å². The van der Waals surface area contributed by atoms with Crippen molar-refractivity contribution in [3.63, 3.8) is 0 Å². The molecular formula is C12H22N2O2. The molecule has 2 fully saturated rings. The van der Waals surface area contributed by atoms with E-state index in [1.54, 1.807) is 0 Å². The maximum Gasteiger partial charge on any atom is 0.242 e. The molecule has 0 bridgehead atoms. The third kappa shape index (κ3) is 2.23. The number of carbonyl (C=O) groups is 1. The average molecular weight is 226 g/mol. The molecule has 1 aliphatic carbocycles. The Bertz CT molecular complexity index is 258. The summed E-state index contributed by atoms with van der Waals surface area (Å²) in [5.74, 6) is 0.122. The number of nitrogens with two attached hydrogens (primary N) is 1. The number of hydrogen-bond donors (Lipinski definition) is 1. The van der Waals surface area contributed by atoms with Crippen LogP contribution in [0.15, 0.2) is 0 Å². The predicted molar refractivity (Wildman–Crippen MR) is 62.0 cm³/mol. The molecule has 0 aromatic carbocycles. The Morgan fingerprint density at radius 1 is 1.50 bits per heavy atom. The molecular weight excluding hydrogens is 204 g/mol. The van der Waals surface area contributed by atoms with Crippen LogP contribution in [-0.4, -0.2) is 42.1 Å². The van der Waals surface area contributed by atoms with E-state index in [0.717, 1.165) is 45.3 Å². The van der Waals surface area contributed by atoms with E-state index >= 15 is 0 Å². The molecule has 0 radical (unpaired) electrons. The van der Waals surface area contributed by atoms with E-state index < -0.39 is 5.54 Å². The van der Waals surface area contributed by atoms with Crippen LogP contribution < -0.4 is 5.73 Å². The van der Waals surface area contributed by atoms with Gasteiger partial charge in [0.2, 0.25) is 5.91 Å². The largest absolute Gasteiger partial charge is 0.376 e. The van der Waals surface area contributed by atoms with Crippen LogP contribution in [0.4, 0.5) is 0 Å². The van der Waals surface area contributed by atoms with Gasteiger partial charge in [0.15, 0.2) is 0 Å². The van der Waals surface area contributed by atoms with Gasteiger partial charge in [-0.2, -0.15) is 0 Å². The van der Waals surface area contributed by atoms with E-state index in [9.17, 15) is 4.79 Å². The molecule has 2 N–H and O–H groups in total. The fraction of sp³-hybridized carbons (Fsp3) is 0.917. The average Bonchev–Trinajstić information content (AvgIpc) is 2.74. The molecule has 1 saturated heterocycles. The lowest BCUT2D eigenvalue weighted by molar-refractivity contribution is -0.141.